The van der Waals surface area contributed by atoms with Crippen molar-refractivity contribution < 1.29 is 0 Å². The summed E-state index contributed by atoms with van der Waals surface area (Å²) in [7, 11) is 0. The quantitative estimate of drug-likeness (QED) is 0.693. The first kappa shape index (κ1) is 9.57. The number of rotatable bonds is 1. The summed E-state index contributed by atoms with van der Waals surface area (Å²) in [6.45, 7) is 1.99. The van der Waals surface area contributed by atoms with E-state index in [4.69, 9.17) is 16.9 Å². The van der Waals surface area contributed by atoms with Crippen LogP contribution in [0.5, 0.6) is 0 Å². The number of benzene rings is 1. The summed E-state index contributed by atoms with van der Waals surface area (Å²) < 4.78 is 0.893. The van der Waals surface area contributed by atoms with Gasteiger partial charge in [0.2, 0.25) is 0 Å². The molecule has 1 aromatic rings. The largest absolute Gasteiger partial charge is 0.196 e. The number of aryl methyl sites for hydroxylation is 1. The Morgan fingerprint density at radius 3 is 2.75 bits per heavy atom. The van der Waals surface area contributed by atoms with E-state index in [1.807, 2.05) is 31.2 Å². The smallest absolute Gasteiger partial charge is 0.146 e. The van der Waals surface area contributed by atoms with Crippen LogP contribution in [-0.4, -0.2) is 0 Å². The minimum Gasteiger partial charge on any atom is -0.196 e. The van der Waals surface area contributed by atoms with Gasteiger partial charge in [-0.3, -0.25) is 0 Å². The summed E-state index contributed by atoms with van der Waals surface area (Å²) in [5.74, 6) is 0. The Bertz CT molecular complexity index is 330. The molecule has 62 valence electrons. The van der Waals surface area contributed by atoms with E-state index in [2.05, 4.69) is 15.9 Å². The van der Waals surface area contributed by atoms with Crippen LogP contribution in [0.2, 0.25) is 0 Å². The van der Waals surface area contributed by atoms with E-state index >= 15 is 0 Å². The normalized spacial score (nSPS) is 12.2. The first-order valence-corrected chi connectivity index (χ1v) is 4.68. The van der Waals surface area contributed by atoms with Gasteiger partial charge in [0.05, 0.1) is 6.07 Å². The fourth-order valence-corrected chi connectivity index (χ4v) is 1.95. The van der Waals surface area contributed by atoms with E-state index in [-0.39, 0.29) is 0 Å². The lowest BCUT2D eigenvalue weighted by Crippen LogP contribution is -1.88. The van der Waals surface area contributed by atoms with Crippen LogP contribution in [0.25, 0.3) is 0 Å². The van der Waals surface area contributed by atoms with Crippen LogP contribution in [-0.2, 0) is 0 Å². The molecule has 0 aliphatic carbocycles. The molecule has 1 nitrogen and oxygen atoms in total. The van der Waals surface area contributed by atoms with Gasteiger partial charge in [0.25, 0.3) is 0 Å². The molecule has 0 aliphatic heterocycles. The molecule has 1 aromatic carbocycles. The molecule has 0 fully saturated rings. The van der Waals surface area contributed by atoms with E-state index in [1.54, 1.807) is 0 Å². The Morgan fingerprint density at radius 2 is 2.25 bits per heavy atom. The van der Waals surface area contributed by atoms with Crippen molar-refractivity contribution in [2.45, 2.75) is 12.3 Å². The van der Waals surface area contributed by atoms with Gasteiger partial charge < -0.3 is 0 Å². The minimum atomic E-state index is -0.569. The highest BCUT2D eigenvalue weighted by Crippen LogP contribution is 2.28. The van der Waals surface area contributed by atoms with Gasteiger partial charge in [-0.1, -0.05) is 28.1 Å². The van der Waals surface area contributed by atoms with Gasteiger partial charge in [0, 0.05) is 4.47 Å². The van der Waals surface area contributed by atoms with Crippen molar-refractivity contribution in [2.24, 2.45) is 0 Å². The average molecular weight is 245 g/mol. The molecule has 0 saturated heterocycles. The van der Waals surface area contributed by atoms with Crippen molar-refractivity contribution in [2.75, 3.05) is 0 Å². The van der Waals surface area contributed by atoms with Gasteiger partial charge in [0.1, 0.15) is 5.38 Å². The summed E-state index contributed by atoms with van der Waals surface area (Å²) in [5, 5.41) is 8.01. The number of alkyl halides is 1. The molecule has 3 heteroatoms. The molecule has 12 heavy (non-hydrogen) atoms. The highest BCUT2D eigenvalue weighted by Gasteiger charge is 2.09. The van der Waals surface area contributed by atoms with Crippen LogP contribution in [0.1, 0.15) is 16.5 Å². The van der Waals surface area contributed by atoms with Gasteiger partial charge in [-0.15, -0.1) is 11.6 Å². The number of hydrogen-bond acceptors (Lipinski definition) is 1. The second kappa shape index (κ2) is 3.93. The molecule has 0 radical (unpaired) electrons. The van der Waals surface area contributed by atoms with Crippen molar-refractivity contribution >= 4 is 27.5 Å². The fraction of sp³-hybridized carbons (Fsp3) is 0.222. The van der Waals surface area contributed by atoms with Crippen LogP contribution in [0.4, 0.5) is 0 Å². The van der Waals surface area contributed by atoms with Crippen molar-refractivity contribution in [3.05, 3.63) is 33.8 Å². The summed E-state index contributed by atoms with van der Waals surface area (Å²) in [5.41, 5.74) is 1.97. The van der Waals surface area contributed by atoms with Crippen molar-refractivity contribution in [1.29, 1.82) is 5.26 Å². The zero-order chi connectivity index (χ0) is 9.14. The van der Waals surface area contributed by atoms with Gasteiger partial charge in [-0.25, -0.2) is 0 Å². The zero-order valence-corrected chi connectivity index (χ0v) is 8.85. The van der Waals surface area contributed by atoms with Crippen molar-refractivity contribution in [1.82, 2.24) is 0 Å². The van der Waals surface area contributed by atoms with Crippen LogP contribution >= 0.6 is 27.5 Å². The fourth-order valence-electron chi connectivity index (χ4n) is 0.907. The minimum absolute atomic E-state index is 0.569. The molecule has 1 atom stereocenters. The molecular formula is C9H7BrClN. The summed E-state index contributed by atoms with van der Waals surface area (Å²) in [6, 6.07) is 7.72. The summed E-state index contributed by atoms with van der Waals surface area (Å²) in [4.78, 5) is 0. The first-order valence-electron chi connectivity index (χ1n) is 3.45. The number of hydrogen-bond donors (Lipinski definition) is 0. The van der Waals surface area contributed by atoms with Gasteiger partial charge in [-0.2, -0.15) is 5.26 Å². The van der Waals surface area contributed by atoms with Gasteiger partial charge >= 0.3 is 0 Å². The maximum atomic E-state index is 8.58. The molecule has 0 aromatic heterocycles. The monoisotopic (exact) mass is 243 g/mol. The van der Waals surface area contributed by atoms with Crippen LogP contribution < -0.4 is 0 Å². The van der Waals surface area contributed by atoms with Gasteiger partial charge in [-0.05, 0) is 24.1 Å². The molecule has 0 spiro atoms. The Morgan fingerprint density at radius 1 is 1.58 bits per heavy atom. The van der Waals surface area contributed by atoms with E-state index in [9.17, 15) is 0 Å². The third-order valence-electron chi connectivity index (χ3n) is 1.54. The number of nitrogens with zero attached hydrogens (tertiary/aromatic N) is 1. The van der Waals surface area contributed by atoms with E-state index in [0.717, 1.165) is 15.6 Å². The molecule has 1 unspecified atom stereocenters. The standard InChI is InChI=1S/C9H7BrClN/c1-6-2-3-7(8(10)4-6)9(11)5-12/h2-4,9H,1H3. The Labute approximate surface area is 85.1 Å². The molecule has 0 heterocycles. The van der Waals surface area contributed by atoms with E-state index in [1.165, 1.54) is 0 Å². The molecule has 0 saturated carbocycles. The number of halogens is 2. The Kier molecular flexibility index (Phi) is 3.13. The predicted molar refractivity (Wildman–Crippen MR) is 53.1 cm³/mol. The molecule has 0 amide bonds. The second-order valence-electron chi connectivity index (χ2n) is 2.52. The maximum absolute atomic E-state index is 8.58. The molecule has 0 aliphatic rings. The predicted octanol–water partition coefficient (Wildman–Crippen LogP) is 3.56. The highest BCUT2D eigenvalue weighted by molar-refractivity contribution is 9.10. The van der Waals surface area contributed by atoms with Gasteiger partial charge in [0.15, 0.2) is 0 Å². The van der Waals surface area contributed by atoms with Crippen LogP contribution in [0.3, 0.4) is 0 Å². The molecule has 0 N–H and O–H groups in total. The van der Waals surface area contributed by atoms with Crippen LogP contribution in [0.15, 0.2) is 22.7 Å². The van der Waals surface area contributed by atoms with E-state index in [0.29, 0.717) is 0 Å². The SMILES string of the molecule is Cc1ccc(C(Cl)C#N)c(Br)c1. The third-order valence-corrected chi connectivity index (χ3v) is 2.56. The highest BCUT2D eigenvalue weighted by atomic mass is 79.9. The second-order valence-corrected chi connectivity index (χ2v) is 3.81. The lowest BCUT2D eigenvalue weighted by Gasteiger charge is -2.04. The maximum Gasteiger partial charge on any atom is 0.146 e. The average Bonchev–Trinajstić information content (AvgIpc) is 2.03. The molecule has 1 rings (SSSR count). The lowest BCUT2D eigenvalue weighted by atomic mass is 10.1. The Hall–Kier alpha value is -0.520. The van der Waals surface area contributed by atoms with E-state index < -0.39 is 5.38 Å². The summed E-state index contributed by atoms with van der Waals surface area (Å²) in [6.07, 6.45) is 0. The summed E-state index contributed by atoms with van der Waals surface area (Å²) >= 11 is 9.11. The van der Waals surface area contributed by atoms with Crippen molar-refractivity contribution in [3.8, 4) is 6.07 Å². The topological polar surface area (TPSA) is 23.8 Å². The molecule has 0 bridgehead atoms. The third kappa shape index (κ3) is 2.00. The van der Waals surface area contributed by atoms with Crippen LogP contribution in [0, 0.1) is 18.3 Å². The zero-order valence-electron chi connectivity index (χ0n) is 6.51. The molecular weight excluding hydrogens is 237 g/mol. The lowest BCUT2D eigenvalue weighted by molar-refractivity contribution is 1.19. The Balaban J connectivity index is 3.11. The number of nitriles is 1. The first-order chi connectivity index (χ1) is 5.65. The van der Waals surface area contributed by atoms with Crippen molar-refractivity contribution in [3.63, 3.8) is 0 Å².